The van der Waals surface area contributed by atoms with Crippen LogP contribution in [0.3, 0.4) is 0 Å². The van der Waals surface area contributed by atoms with Crippen LogP contribution in [0, 0.1) is 0 Å². The second-order valence-corrected chi connectivity index (χ2v) is 19.1. The Morgan fingerprint density at radius 3 is 1.14 bits per heavy atom. The van der Waals surface area contributed by atoms with Gasteiger partial charge in [0, 0.05) is 37.9 Å². The van der Waals surface area contributed by atoms with E-state index in [1.807, 2.05) is 31.4 Å². The summed E-state index contributed by atoms with van der Waals surface area (Å²) >= 11 is 0. The average molecular weight is 615 g/mol. The molecule has 0 aromatic carbocycles. The molecule has 0 rings (SSSR count). The zero-order chi connectivity index (χ0) is 27.5. The molecule has 0 heterocycles. The van der Waals surface area contributed by atoms with Gasteiger partial charge in [-0.15, -0.1) is 0 Å². The SMILES string of the molecule is CCCC[SiH2]C(CCCSSSCCCC(OCCC)(OCCC)[SiH2]CCCC)(OCCC)OCCC. The molecule has 37 heavy (non-hydrogen) atoms. The summed E-state index contributed by atoms with van der Waals surface area (Å²) in [6.07, 6.45) is 13.9. The molecule has 0 saturated heterocycles. The van der Waals surface area contributed by atoms with Gasteiger partial charge in [-0.25, -0.2) is 0 Å². The highest BCUT2D eigenvalue weighted by Gasteiger charge is 2.32. The molecule has 0 fully saturated rings. The van der Waals surface area contributed by atoms with E-state index in [-0.39, 0.29) is 10.8 Å². The van der Waals surface area contributed by atoms with Crippen LogP contribution in [0.2, 0.25) is 12.1 Å². The van der Waals surface area contributed by atoms with E-state index in [0.717, 1.165) is 65.0 Å². The first-order valence-electron chi connectivity index (χ1n) is 15.5. The van der Waals surface area contributed by atoms with Gasteiger partial charge in [-0.1, -0.05) is 101 Å². The number of hydrogen-bond donors (Lipinski definition) is 0. The molecule has 0 saturated carbocycles. The van der Waals surface area contributed by atoms with E-state index in [1.54, 1.807) is 0 Å². The maximum absolute atomic E-state index is 6.41. The first kappa shape index (κ1) is 38.3. The van der Waals surface area contributed by atoms with Crippen LogP contribution < -0.4 is 0 Å². The molecule has 0 aliphatic heterocycles. The Labute approximate surface area is 247 Å². The van der Waals surface area contributed by atoms with Crippen molar-refractivity contribution in [2.75, 3.05) is 37.9 Å². The minimum Gasteiger partial charge on any atom is -0.354 e. The van der Waals surface area contributed by atoms with Gasteiger partial charge >= 0.3 is 0 Å². The van der Waals surface area contributed by atoms with Crippen molar-refractivity contribution in [2.45, 2.75) is 142 Å². The quantitative estimate of drug-likeness (QED) is 0.0348. The second-order valence-electron chi connectivity index (χ2n) is 10.0. The van der Waals surface area contributed by atoms with Gasteiger partial charge in [-0.05, 0) is 61.2 Å². The molecule has 9 heteroatoms. The Morgan fingerprint density at radius 2 is 0.838 bits per heavy atom. The molecule has 0 aliphatic carbocycles. The third-order valence-corrected chi connectivity index (χ3v) is 15.4. The van der Waals surface area contributed by atoms with E-state index in [2.05, 4.69) is 41.5 Å². The molecule has 0 N–H and O–H groups in total. The molecule has 0 aliphatic rings. The molecule has 0 bridgehead atoms. The van der Waals surface area contributed by atoms with Crippen LogP contribution in [0.1, 0.15) is 119 Å². The van der Waals surface area contributed by atoms with Crippen LogP contribution in [0.25, 0.3) is 0 Å². The average Bonchev–Trinajstić information content (AvgIpc) is 2.91. The summed E-state index contributed by atoms with van der Waals surface area (Å²) in [5.74, 6) is 2.33. The monoisotopic (exact) mass is 614 g/mol. The van der Waals surface area contributed by atoms with Crippen molar-refractivity contribution in [1.82, 2.24) is 0 Å². The lowest BCUT2D eigenvalue weighted by Crippen LogP contribution is -2.43. The van der Waals surface area contributed by atoms with Gasteiger partial charge in [-0.3, -0.25) is 0 Å². The van der Waals surface area contributed by atoms with Crippen LogP contribution in [-0.4, -0.2) is 67.8 Å². The molecule has 0 spiro atoms. The van der Waals surface area contributed by atoms with Gasteiger partial charge in [0.1, 0.15) is 10.8 Å². The number of unbranched alkanes of at least 4 members (excludes halogenated alkanes) is 2. The van der Waals surface area contributed by atoms with Crippen LogP contribution in [0.4, 0.5) is 0 Å². The highest BCUT2D eigenvalue weighted by Crippen LogP contribution is 2.37. The molecule has 0 radical (unpaired) electrons. The predicted octanol–water partition coefficient (Wildman–Crippen LogP) is 8.36. The molecule has 0 unspecified atom stereocenters. The maximum atomic E-state index is 6.41. The normalized spacial score (nSPS) is 13.1. The molecule has 0 aromatic heterocycles. The Bertz CT molecular complexity index is 423. The lowest BCUT2D eigenvalue weighted by atomic mass is 10.3. The molecular weight excluding hydrogens is 553 g/mol. The molecule has 224 valence electrons. The minimum absolute atomic E-state index is 0.235. The minimum atomic E-state index is -0.405. The van der Waals surface area contributed by atoms with E-state index < -0.39 is 19.0 Å². The maximum Gasteiger partial charge on any atom is 0.145 e. The predicted molar refractivity (Wildman–Crippen MR) is 178 cm³/mol. The lowest BCUT2D eigenvalue weighted by Gasteiger charge is -2.34. The third kappa shape index (κ3) is 20.8. The first-order chi connectivity index (χ1) is 18.1. The Hall–Kier alpha value is 1.32. The highest BCUT2D eigenvalue weighted by molar-refractivity contribution is 9.09. The topological polar surface area (TPSA) is 36.9 Å². The standard InChI is InChI=1S/C28H62O4S3Si2/c1-7-13-25-36-27(29-19-9-3,30-20-10-4)17-15-23-33-35-34-24-16-18-28(31-21-11-5,32-22-12-6)37-26-14-8-2/h7-26,36-37H2,1-6H3. The van der Waals surface area contributed by atoms with E-state index in [0.29, 0.717) is 0 Å². The van der Waals surface area contributed by atoms with Gasteiger partial charge in [0.05, 0.1) is 19.0 Å². The molecule has 0 atom stereocenters. The van der Waals surface area contributed by atoms with Crippen molar-refractivity contribution in [3.05, 3.63) is 0 Å². The van der Waals surface area contributed by atoms with Crippen molar-refractivity contribution in [3.8, 4) is 0 Å². The van der Waals surface area contributed by atoms with E-state index in [9.17, 15) is 0 Å². The summed E-state index contributed by atoms with van der Waals surface area (Å²) in [5.41, 5.74) is -0.469. The van der Waals surface area contributed by atoms with Gasteiger partial charge in [-0.2, -0.15) is 0 Å². The summed E-state index contributed by atoms with van der Waals surface area (Å²) in [6, 6.07) is 2.66. The number of rotatable bonds is 30. The zero-order valence-electron chi connectivity index (χ0n) is 25.4. The Morgan fingerprint density at radius 1 is 0.486 bits per heavy atom. The van der Waals surface area contributed by atoms with E-state index in [1.165, 1.54) is 62.1 Å². The fourth-order valence-electron chi connectivity index (χ4n) is 4.25. The van der Waals surface area contributed by atoms with Crippen LogP contribution in [0.15, 0.2) is 0 Å². The summed E-state index contributed by atoms with van der Waals surface area (Å²) < 4.78 is 25.6. The molecule has 4 nitrogen and oxygen atoms in total. The summed E-state index contributed by atoms with van der Waals surface area (Å²) in [4.78, 5) is 0. The van der Waals surface area contributed by atoms with Gasteiger partial charge in [0.2, 0.25) is 0 Å². The number of hydrogen-bond acceptors (Lipinski definition) is 7. The third-order valence-electron chi connectivity index (χ3n) is 6.27. The molecule has 0 amide bonds. The van der Waals surface area contributed by atoms with Crippen LogP contribution in [0.5, 0.6) is 0 Å². The van der Waals surface area contributed by atoms with Crippen molar-refractivity contribution in [1.29, 1.82) is 0 Å². The van der Waals surface area contributed by atoms with Crippen LogP contribution in [-0.2, 0) is 18.9 Å². The summed E-state index contributed by atoms with van der Waals surface area (Å²) in [5, 5.41) is 0. The first-order valence-corrected chi connectivity index (χ1v) is 22.8. The summed E-state index contributed by atoms with van der Waals surface area (Å²) in [6.45, 7) is 16.7. The van der Waals surface area contributed by atoms with Gasteiger partial charge in [0.25, 0.3) is 0 Å². The fraction of sp³-hybridized carbons (Fsp3) is 1.00. The summed E-state index contributed by atoms with van der Waals surface area (Å²) in [7, 11) is 5.16. The van der Waals surface area contributed by atoms with E-state index in [4.69, 9.17) is 18.9 Å². The highest BCUT2D eigenvalue weighted by atomic mass is 33.5. The van der Waals surface area contributed by atoms with Crippen molar-refractivity contribution in [2.24, 2.45) is 0 Å². The Kier molecular flexibility index (Phi) is 28.5. The Balaban J connectivity index is 4.47. The lowest BCUT2D eigenvalue weighted by molar-refractivity contribution is -0.185. The largest absolute Gasteiger partial charge is 0.354 e. The zero-order valence-corrected chi connectivity index (χ0v) is 30.7. The van der Waals surface area contributed by atoms with Crippen molar-refractivity contribution in [3.63, 3.8) is 0 Å². The molecular formula is C28H62O4S3Si2. The van der Waals surface area contributed by atoms with Crippen molar-refractivity contribution >= 4 is 50.5 Å². The van der Waals surface area contributed by atoms with Crippen molar-refractivity contribution < 1.29 is 18.9 Å². The molecule has 0 aromatic rings. The van der Waals surface area contributed by atoms with Crippen LogP contribution >= 0.6 is 31.4 Å². The fourth-order valence-corrected chi connectivity index (χ4v) is 12.9. The van der Waals surface area contributed by atoms with E-state index >= 15 is 0 Å². The van der Waals surface area contributed by atoms with Gasteiger partial charge < -0.3 is 18.9 Å². The van der Waals surface area contributed by atoms with Gasteiger partial charge in [0.15, 0.2) is 0 Å². The second kappa shape index (κ2) is 27.5. The smallest absolute Gasteiger partial charge is 0.145 e. The number of ether oxygens (including phenoxy) is 4.